The van der Waals surface area contributed by atoms with Gasteiger partial charge in [0.25, 0.3) is 5.91 Å². The lowest BCUT2D eigenvalue weighted by Crippen LogP contribution is -2.51. The molecule has 0 aliphatic carbocycles. The molecule has 1 saturated heterocycles. The molecule has 1 fully saturated rings. The number of hydrogen-bond donors (Lipinski definition) is 1. The molecule has 2 rings (SSSR count). The summed E-state index contributed by atoms with van der Waals surface area (Å²) in [6, 6.07) is 7.89. The van der Waals surface area contributed by atoms with Crippen LogP contribution >= 0.6 is 0 Å². The lowest BCUT2D eigenvalue weighted by Gasteiger charge is -2.37. The Morgan fingerprint density at radius 2 is 1.70 bits per heavy atom. The van der Waals surface area contributed by atoms with Crippen LogP contribution in [0.15, 0.2) is 24.3 Å². The highest BCUT2D eigenvalue weighted by Crippen LogP contribution is 2.13. The highest BCUT2D eigenvalue weighted by molar-refractivity contribution is 5.94. The number of hydrogen-bond acceptors (Lipinski definition) is 4. The number of amides is 1. The number of nitrogens with zero attached hydrogens (tertiary/aromatic N) is 3. The Kier molecular flexibility index (Phi) is 5.79. The maximum absolute atomic E-state index is 12.6. The third-order valence-electron chi connectivity index (χ3n) is 3.97. The second kappa shape index (κ2) is 7.43. The summed E-state index contributed by atoms with van der Waals surface area (Å²) in [5.74, 6) is 0.101. The fraction of sp³-hybridized carbons (Fsp3) is 0.611. The number of aliphatic hydroxyl groups is 1. The third-order valence-corrected chi connectivity index (χ3v) is 3.97. The van der Waals surface area contributed by atoms with E-state index in [1.165, 1.54) is 5.56 Å². The highest BCUT2D eigenvalue weighted by Gasteiger charge is 2.25. The van der Waals surface area contributed by atoms with Gasteiger partial charge in [0.1, 0.15) is 0 Å². The number of β-amino-alcohol motifs (C(OH)–C–C–N with tert-alkyl or cyclic N) is 1. The van der Waals surface area contributed by atoms with Gasteiger partial charge in [-0.05, 0) is 45.6 Å². The molecule has 1 amide bonds. The zero-order valence-electron chi connectivity index (χ0n) is 14.7. The summed E-state index contributed by atoms with van der Waals surface area (Å²) in [5.41, 5.74) is 1.28. The first-order chi connectivity index (χ1) is 10.7. The van der Waals surface area contributed by atoms with Crippen molar-refractivity contribution in [1.29, 1.82) is 0 Å². The molecule has 5 heteroatoms. The van der Waals surface area contributed by atoms with Gasteiger partial charge in [-0.2, -0.15) is 0 Å². The number of piperazine rings is 1. The van der Waals surface area contributed by atoms with E-state index in [9.17, 15) is 9.90 Å². The molecule has 1 aromatic carbocycles. The van der Waals surface area contributed by atoms with Gasteiger partial charge in [0, 0.05) is 44.8 Å². The fourth-order valence-electron chi connectivity index (χ4n) is 2.96. The van der Waals surface area contributed by atoms with Gasteiger partial charge in [-0.25, -0.2) is 0 Å². The van der Waals surface area contributed by atoms with Crippen LogP contribution < -0.4 is 0 Å². The van der Waals surface area contributed by atoms with Crippen LogP contribution in [0.3, 0.4) is 0 Å². The molecule has 0 spiro atoms. The predicted octanol–water partition coefficient (Wildman–Crippen LogP) is 1.28. The van der Waals surface area contributed by atoms with E-state index < -0.39 is 5.60 Å². The van der Waals surface area contributed by atoms with E-state index in [2.05, 4.69) is 9.80 Å². The minimum Gasteiger partial charge on any atom is -0.389 e. The molecule has 0 aromatic heterocycles. The summed E-state index contributed by atoms with van der Waals surface area (Å²) >= 11 is 0. The van der Waals surface area contributed by atoms with Crippen molar-refractivity contribution < 1.29 is 9.90 Å². The molecule has 5 nitrogen and oxygen atoms in total. The zero-order chi connectivity index (χ0) is 17.0. The molecule has 1 heterocycles. The second-order valence-electron chi connectivity index (χ2n) is 7.32. The van der Waals surface area contributed by atoms with E-state index in [-0.39, 0.29) is 5.91 Å². The topological polar surface area (TPSA) is 47.0 Å². The lowest BCUT2D eigenvalue weighted by molar-refractivity contribution is 0.0178. The van der Waals surface area contributed by atoms with Crippen molar-refractivity contribution in [3.8, 4) is 0 Å². The maximum atomic E-state index is 12.6. The van der Waals surface area contributed by atoms with Crippen LogP contribution in [0.4, 0.5) is 0 Å². The summed E-state index contributed by atoms with van der Waals surface area (Å²) in [4.78, 5) is 18.8. The number of rotatable bonds is 5. The molecule has 0 radical (unpaired) electrons. The largest absolute Gasteiger partial charge is 0.389 e. The Morgan fingerprint density at radius 3 is 2.17 bits per heavy atom. The fourth-order valence-corrected chi connectivity index (χ4v) is 2.96. The Morgan fingerprint density at radius 1 is 1.13 bits per heavy atom. The van der Waals surface area contributed by atoms with Crippen LogP contribution in [-0.2, 0) is 6.54 Å². The van der Waals surface area contributed by atoms with Crippen molar-refractivity contribution in [1.82, 2.24) is 14.7 Å². The molecule has 1 aromatic rings. The third kappa shape index (κ3) is 5.61. The van der Waals surface area contributed by atoms with E-state index in [0.717, 1.165) is 25.2 Å². The SMILES string of the molecule is CN(C)Cc1ccc(C(=O)N2CCN(CC(C)(C)O)CC2)cc1. The molecule has 128 valence electrons. The zero-order valence-corrected chi connectivity index (χ0v) is 14.7. The monoisotopic (exact) mass is 319 g/mol. The van der Waals surface area contributed by atoms with Crippen molar-refractivity contribution in [3.05, 3.63) is 35.4 Å². The van der Waals surface area contributed by atoms with Crippen molar-refractivity contribution in [3.63, 3.8) is 0 Å². The molecule has 1 aliphatic rings. The first kappa shape index (κ1) is 17.9. The van der Waals surface area contributed by atoms with E-state index in [4.69, 9.17) is 0 Å². The molecule has 1 N–H and O–H groups in total. The van der Waals surface area contributed by atoms with Crippen LogP contribution in [0.5, 0.6) is 0 Å². The number of benzene rings is 1. The second-order valence-corrected chi connectivity index (χ2v) is 7.32. The summed E-state index contributed by atoms with van der Waals surface area (Å²) in [5, 5.41) is 9.89. The molecule has 0 unspecified atom stereocenters. The maximum Gasteiger partial charge on any atom is 0.253 e. The Labute approximate surface area is 139 Å². The summed E-state index contributed by atoms with van der Waals surface area (Å²) in [6.45, 7) is 8.23. The van der Waals surface area contributed by atoms with Crippen molar-refractivity contribution >= 4 is 5.91 Å². The normalized spacial score (nSPS) is 16.9. The Bertz CT molecular complexity index is 512. The van der Waals surface area contributed by atoms with Gasteiger partial charge in [-0.3, -0.25) is 9.69 Å². The average Bonchev–Trinajstić information content (AvgIpc) is 2.46. The Balaban J connectivity index is 1.89. The van der Waals surface area contributed by atoms with Crippen LogP contribution in [0, 0.1) is 0 Å². The van der Waals surface area contributed by atoms with Crippen molar-refractivity contribution in [2.75, 3.05) is 46.8 Å². The minimum atomic E-state index is -0.686. The van der Waals surface area contributed by atoms with Crippen LogP contribution in [0.25, 0.3) is 0 Å². The van der Waals surface area contributed by atoms with E-state index in [1.54, 1.807) is 0 Å². The van der Waals surface area contributed by atoms with Gasteiger partial charge >= 0.3 is 0 Å². The first-order valence-electron chi connectivity index (χ1n) is 8.22. The molecule has 0 bridgehead atoms. The molecule has 23 heavy (non-hydrogen) atoms. The van der Waals surface area contributed by atoms with E-state index >= 15 is 0 Å². The lowest BCUT2D eigenvalue weighted by atomic mass is 10.1. The van der Waals surface area contributed by atoms with Gasteiger partial charge in [0.05, 0.1) is 5.60 Å². The van der Waals surface area contributed by atoms with Gasteiger partial charge in [-0.1, -0.05) is 12.1 Å². The standard InChI is InChI=1S/C18H29N3O2/c1-18(2,23)14-20-9-11-21(12-10-20)17(22)16-7-5-15(6-8-16)13-19(3)4/h5-8,23H,9-14H2,1-4H3. The molecule has 0 atom stereocenters. The van der Waals surface area contributed by atoms with Gasteiger partial charge in [0.15, 0.2) is 0 Å². The number of carbonyl (C=O) groups excluding carboxylic acids is 1. The van der Waals surface area contributed by atoms with E-state index in [1.807, 2.05) is 57.1 Å². The summed E-state index contributed by atoms with van der Waals surface area (Å²) in [6.07, 6.45) is 0. The van der Waals surface area contributed by atoms with Crippen LogP contribution in [0.2, 0.25) is 0 Å². The van der Waals surface area contributed by atoms with Gasteiger partial charge < -0.3 is 14.9 Å². The Hall–Kier alpha value is -1.43. The highest BCUT2D eigenvalue weighted by atomic mass is 16.3. The summed E-state index contributed by atoms with van der Waals surface area (Å²) < 4.78 is 0. The molecule has 1 aliphatic heterocycles. The molecular formula is C18H29N3O2. The van der Waals surface area contributed by atoms with Gasteiger partial charge in [0.2, 0.25) is 0 Å². The van der Waals surface area contributed by atoms with Crippen molar-refractivity contribution in [2.24, 2.45) is 0 Å². The van der Waals surface area contributed by atoms with E-state index in [0.29, 0.717) is 19.6 Å². The summed E-state index contributed by atoms with van der Waals surface area (Å²) in [7, 11) is 4.07. The quantitative estimate of drug-likeness (QED) is 0.888. The smallest absolute Gasteiger partial charge is 0.253 e. The number of carbonyl (C=O) groups is 1. The average molecular weight is 319 g/mol. The van der Waals surface area contributed by atoms with Crippen LogP contribution in [0.1, 0.15) is 29.8 Å². The molecule has 0 saturated carbocycles. The minimum absolute atomic E-state index is 0.101. The van der Waals surface area contributed by atoms with Crippen molar-refractivity contribution in [2.45, 2.75) is 26.0 Å². The van der Waals surface area contributed by atoms with Crippen LogP contribution in [-0.4, -0.2) is 78.1 Å². The first-order valence-corrected chi connectivity index (χ1v) is 8.22. The predicted molar refractivity (Wildman–Crippen MR) is 92.5 cm³/mol. The van der Waals surface area contributed by atoms with Gasteiger partial charge in [-0.15, -0.1) is 0 Å². The molecular weight excluding hydrogens is 290 g/mol.